The second kappa shape index (κ2) is 8.78. The normalized spacial score (nSPS) is 17.6. The molecule has 0 aromatic heterocycles. The summed E-state index contributed by atoms with van der Waals surface area (Å²) < 4.78 is 0. The fourth-order valence-corrected chi connectivity index (χ4v) is 4.59. The Balaban J connectivity index is 2.02. The summed E-state index contributed by atoms with van der Waals surface area (Å²) in [4.78, 5) is 19.9. The van der Waals surface area contributed by atoms with Gasteiger partial charge in [0.2, 0.25) is 0 Å². The van der Waals surface area contributed by atoms with E-state index in [-0.39, 0.29) is 16.7 Å². The maximum absolute atomic E-state index is 12.9. The van der Waals surface area contributed by atoms with Crippen LogP contribution < -0.4 is 0 Å². The highest BCUT2D eigenvalue weighted by atomic mass is 32.2. The first-order valence-corrected chi connectivity index (χ1v) is 11.9. The molecular weight excluding hydrogens is 416 g/mol. The van der Waals surface area contributed by atoms with Crippen LogP contribution in [0.1, 0.15) is 70.7 Å². The van der Waals surface area contributed by atoms with Crippen LogP contribution in [0, 0.1) is 0 Å². The molecule has 1 aliphatic rings. The lowest BCUT2D eigenvalue weighted by Crippen LogP contribution is -2.23. The SMILES string of the molecule is CCc1ccc(N=C2SC(=Cc3cc(C(C)(C)C)c(O)c(C(C)(C)C)c3)C(=O)N2C)cc1. The van der Waals surface area contributed by atoms with Crippen LogP contribution in [0.4, 0.5) is 5.69 Å². The van der Waals surface area contributed by atoms with Crippen molar-refractivity contribution < 1.29 is 9.90 Å². The highest BCUT2D eigenvalue weighted by Gasteiger charge is 2.31. The molecule has 1 saturated heterocycles. The summed E-state index contributed by atoms with van der Waals surface area (Å²) in [6, 6.07) is 12.1. The molecule has 1 heterocycles. The first kappa shape index (κ1) is 24.1. The van der Waals surface area contributed by atoms with Crippen molar-refractivity contribution >= 4 is 34.6 Å². The van der Waals surface area contributed by atoms with Crippen LogP contribution in [0.15, 0.2) is 46.3 Å². The maximum atomic E-state index is 12.9. The molecular formula is C27H34N2O2S. The van der Waals surface area contributed by atoms with E-state index in [2.05, 4.69) is 65.6 Å². The quantitative estimate of drug-likeness (QED) is 0.524. The van der Waals surface area contributed by atoms with Crippen molar-refractivity contribution in [2.24, 2.45) is 4.99 Å². The highest BCUT2D eigenvalue weighted by molar-refractivity contribution is 8.18. The summed E-state index contributed by atoms with van der Waals surface area (Å²) in [6.45, 7) is 14.6. The zero-order chi connectivity index (χ0) is 23.8. The van der Waals surface area contributed by atoms with E-state index in [0.717, 1.165) is 28.8 Å². The van der Waals surface area contributed by atoms with Gasteiger partial charge in [0, 0.05) is 18.2 Å². The van der Waals surface area contributed by atoms with Gasteiger partial charge in [0.05, 0.1) is 10.6 Å². The van der Waals surface area contributed by atoms with E-state index in [1.165, 1.54) is 17.3 Å². The molecule has 2 aromatic carbocycles. The number of benzene rings is 2. The summed E-state index contributed by atoms with van der Waals surface area (Å²) in [5.74, 6) is 0.272. The lowest BCUT2D eigenvalue weighted by Gasteiger charge is -2.28. The minimum Gasteiger partial charge on any atom is -0.507 e. The Morgan fingerprint density at radius 1 is 1.00 bits per heavy atom. The van der Waals surface area contributed by atoms with Gasteiger partial charge in [-0.25, -0.2) is 4.99 Å². The molecule has 0 atom stereocenters. The number of nitrogens with zero attached hydrogens (tertiary/aromatic N) is 2. The molecule has 1 N–H and O–H groups in total. The van der Waals surface area contributed by atoms with E-state index in [1.54, 1.807) is 11.9 Å². The summed E-state index contributed by atoms with van der Waals surface area (Å²) >= 11 is 1.38. The van der Waals surface area contributed by atoms with Gasteiger partial charge in [-0.05, 0) is 70.5 Å². The molecule has 4 nitrogen and oxygen atoms in total. The molecule has 0 saturated carbocycles. The molecule has 5 heteroatoms. The molecule has 0 unspecified atom stereocenters. The van der Waals surface area contributed by atoms with Gasteiger partial charge in [-0.3, -0.25) is 9.69 Å². The minimum atomic E-state index is -0.223. The van der Waals surface area contributed by atoms with Gasteiger partial charge in [-0.2, -0.15) is 0 Å². The number of carbonyl (C=O) groups is 1. The Hall–Kier alpha value is -2.53. The Labute approximate surface area is 196 Å². The third-order valence-electron chi connectivity index (χ3n) is 5.62. The predicted octanol–water partition coefficient (Wildman–Crippen LogP) is 6.78. The number of hydrogen-bond donors (Lipinski definition) is 1. The number of carbonyl (C=O) groups excluding carboxylic acids is 1. The number of aryl methyl sites for hydroxylation is 1. The van der Waals surface area contributed by atoms with Crippen LogP contribution in [-0.2, 0) is 22.0 Å². The van der Waals surface area contributed by atoms with Crippen LogP contribution >= 0.6 is 11.8 Å². The van der Waals surface area contributed by atoms with Crippen molar-refractivity contribution in [2.45, 2.75) is 65.7 Å². The molecule has 0 aliphatic carbocycles. The fraction of sp³-hybridized carbons (Fsp3) is 0.407. The fourth-order valence-electron chi connectivity index (χ4n) is 3.60. The Morgan fingerprint density at radius 3 is 2.00 bits per heavy atom. The second-order valence-corrected chi connectivity index (χ2v) is 11.4. The number of amidine groups is 1. The molecule has 0 spiro atoms. The van der Waals surface area contributed by atoms with Crippen LogP contribution in [0.5, 0.6) is 5.75 Å². The van der Waals surface area contributed by atoms with E-state index in [1.807, 2.05) is 30.3 Å². The molecule has 2 aromatic rings. The summed E-state index contributed by atoms with van der Waals surface area (Å²) in [7, 11) is 1.76. The first-order valence-electron chi connectivity index (χ1n) is 11.0. The third kappa shape index (κ3) is 5.09. The van der Waals surface area contributed by atoms with Crippen LogP contribution in [0.25, 0.3) is 6.08 Å². The average molecular weight is 451 g/mol. The van der Waals surface area contributed by atoms with E-state index in [9.17, 15) is 9.90 Å². The van der Waals surface area contributed by atoms with Gasteiger partial charge in [0.15, 0.2) is 5.17 Å². The minimum absolute atomic E-state index is 0.0679. The first-order chi connectivity index (χ1) is 14.8. The number of aromatic hydroxyl groups is 1. The molecule has 0 bridgehead atoms. The number of phenols is 1. The Kier molecular flexibility index (Phi) is 6.62. The van der Waals surface area contributed by atoms with Crippen molar-refractivity contribution in [3.8, 4) is 5.75 Å². The topological polar surface area (TPSA) is 52.9 Å². The van der Waals surface area contributed by atoms with Gasteiger partial charge < -0.3 is 5.11 Å². The largest absolute Gasteiger partial charge is 0.507 e. The van der Waals surface area contributed by atoms with Crippen LogP contribution in [0.3, 0.4) is 0 Å². The van der Waals surface area contributed by atoms with Crippen LogP contribution in [-0.4, -0.2) is 28.1 Å². The summed E-state index contributed by atoms with van der Waals surface area (Å²) in [5.41, 5.74) is 4.32. The number of aliphatic imine (C=N–C) groups is 1. The van der Waals surface area contributed by atoms with Crippen LogP contribution in [0.2, 0.25) is 0 Å². The van der Waals surface area contributed by atoms with Gasteiger partial charge >= 0.3 is 0 Å². The van der Waals surface area contributed by atoms with Gasteiger partial charge in [-0.15, -0.1) is 0 Å². The zero-order valence-electron chi connectivity index (χ0n) is 20.4. The van der Waals surface area contributed by atoms with Crippen molar-refractivity contribution in [3.05, 3.63) is 63.6 Å². The molecule has 3 rings (SSSR count). The Bertz CT molecular complexity index is 1050. The van der Waals surface area contributed by atoms with Gasteiger partial charge in [0.1, 0.15) is 5.75 Å². The Morgan fingerprint density at radius 2 is 1.53 bits per heavy atom. The van der Waals surface area contributed by atoms with Gasteiger partial charge in [0.25, 0.3) is 5.91 Å². The predicted molar refractivity (Wildman–Crippen MR) is 137 cm³/mol. The lowest BCUT2D eigenvalue weighted by molar-refractivity contribution is -0.121. The molecule has 0 radical (unpaired) electrons. The van der Waals surface area contributed by atoms with Crippen molar-refractivity contribution in [2.75, 3.05) is 7.05 Å². The van der Waals surface area contributed by atoms with Crippen molar-refractivity contribution in [1.29, 1.82) is 0 Å². The van der Waals surface area contributed by atoms with E-state index in [0.29, 0.717) is 15.8 Å². The molecule has 32 heavy (non-hydrogen) atoms. The average Bonchev–Trinajstić information content (AvgIpc) is 2.96. The second-order valence-electron chi connectivity index (χ2n) is 10.4. The maximum Gasteiger partial charge on any atom is 0.266 e. The number of phenolic OH excluding ortho intramolecular Hbond substituents is 1. The summed E-state index contributed by atoms with van der Waals surface area (Å²) in [5, 5.41) is 11.6. The number of amides is 1. The van der Waals surface area contributed by atoms with Gasteiger partial charge in [-0.1, -0.05) is 60.6 Å². The molecule has 1 fully saturated rings. The monoisotopic (exact) mass is 450 g/mol. The van der Waals surface area contributed by atoms with Crippen molar-refractivity contribution in [1.82, 2.24) is 4.90 Å². The molecule has 170 valence electrons. The smallest absolute Gasteiger partial charge is 0.266 e. The van der Waals surface area contributed by atoms with E-state index < -0.39 is 0 Å². The zero-order valence-corrected chi connectivity index (χ0v) is 21.2. The highest BCUT2D eigenvalue weighted by Crippen LogP contribution is 2.41. The third-order valence-corrected chi connectivity index (χ3v) is 6.68. The molecule has 1 aliphatic heterocycles. The lowest BCUT2D eigenvalue weighted by atomic mass is 9.78. The molecule has 1 amide bonds. The van der Waals surface area contributed by atoms with E-state index in [4.69, 9.17) is 0 Å². The van der Waals surface area contributed by atoms with Crippen molar-refractivity contribution in [3.63, 3.8) is 0 Å². The number of likely N-dealkylation sites (N-methyl/N-ethyl adjacent to an activating group) is 1. The standard InChI is InChI=1S/C27H34N2O2S/c1-9-17-10-12-19(13-11-17)28-25-29(8)24(31)22(32-25)16-18-14-20(26(2,3)4)23(30)21(15-18)27(5,6)7/h10-16,30H,9H2,1-8H3. The number of thioether (sulfide) groups is 1. The summed E-state index contributed by atoms with van der Waals surface area (Å²) in [6.07, 6.45) is 2.90. The number of hydrogen-bond acceptors (Lipinski definition) is 4. The van der Waals surface area contributed by atoms with E-state index >= 15 is 0 Å². The number of rotatable bonds is 3.